The van der Waals surface area contributed by atoms with Gasteiger partial charge in [-0.25, -0.2) is 14.4 Å². The zero-order valence-corrected chi connectivity index (χ0v) is 55.2. The van der Waals surface area contributed by atoms with Crippen molar-refractivity contribution in [1.29, 1.82) is 0 Å². The van der Waals surface area contributed by atoms with Gasteiger partial charge >= 0.3 is 30.0 Å². The highest BCUT2D eigenvalue weighted by Crippen LogP contribution is 2.70. The molecule has 7 fully saturated rings. The van der Waals surface area contributed by atoms with E-state index >= 15 is 9.59 Å². The second-order valence-corrected chi connectivity index (χ2v) is 30.0. The van der Waals surface area contributed by atoms with Gasteiger partial charge in [0.05, 0.1) is 24.2 Å². The van der Waals surface area contributed by atoms with Crippen molar-refractivity contribution in [1.82, 2.24) is 5.32 Å². The summed E-state index contributed by atoms with van der Waals surface area (Å²) in [4.78, 5) is 102. The number of ether oxygens (including phenoxy) is 8. The molecule has 0 radical (unpaired) electrons. The number of benzene rings is 3. The standard InChI is InChI=1S/C75H93NO16/c1-41(2)42(3)27-28-43(4)53-31-32-54-52-30-29-50-37-51(33-35-71(50,10)55(52)34-36-72(53,54)11)87-69(83)89-62(60(47-21-15-12-16-22-47)76-66(80)48-23-17-13-18-24-48)68(82)88-56-39-74(84)65(90-67(81)49-25-19-14-20-26-49)63-73(91-46(7)78)40-85-57(73)38-58-75(63,92-58)64(79)61(86-45(6)77)59(44(56)5)70(74,8)9/h12-26,29,41-43,51-58,60-63,65,84H,27-28,30-40H2,1-11H3,(H,76,80)/t42-,43-,51?,52+,53-,54+,55+,56+,57-,58+,60+,61-,62-,63-,65+,71+,72-,73+,74-,75+/m1/s1. The zero-order valence-electron chi connectivity index (χ0n) is 55.2. The number of carbonyl (C=O) groups is 7. The normalized spacial score (nSPS) is 36.6. The van der Waals surface area contributed by atoms with Crippen molar-refractivity contribution < 1.29 is 76.6 Å². The van der Waals surface area contributed by atoms with Crippen LogP contribution < -0.4 is 5.32 Å². The summed E-state index contributed by atoms with van der Waals surface area (Å²) in [6, 6.07) is 23.5. The van der Waals surface area contributed by atoms with Gasteiger partial charge in [0.2, 0.25) is 11.9 Å². The van der Waals surface area contributed by atoms with Crippen LogP contribution in [0.15, 0.2) is 114 Å². The zero-order chi connectivity index (χ0) is 65.6. The smallest absolute Gasteiger partial charge is 0.455 e. The maximum atomic E-state index is 15.9. The summed E-state index contributed by atoms with van der Waals surface area (Å²) in [5.41, 5.74) is -5.33. The molecule has 3 aromatic carbocycles. The SMILES string of the molecule is CC(=O)O[C@H]1C(=O)[C@]23O[C@H]2C[C@H]2OC[C@@]2(OC(C)=O)[C@H]3[C@H](OC(=O)c2ccccc2)[C@]2(O)C[C@H](OC(=O)[C@H](OC(=O)OC3CC[C@@]4(C)C(=CC[C@H]5[C@@H]6CC[C@H]([C@H](C)CC[C@@H](C)C(C)C)[C@@]6(C)CC[C@@H]54)C3)[C@@H](NC(=O)c3ccccc3)c3ccccc3)C(C)=C1C2(C)C. The van der Waals surface area contributed by atoms with Crippen LogP contribution in [0.1, 0.15) is 186 Å². The predicted molar refractivity (Wildman–Crippen MR) is 338 cm³/mol. The third-order valence-electron chi connectivity index (χ3n) is 24.7. The Balaban J connectivity index is 0.873. The van der Waals surface area contributed by atoms with E-state index in [4.69, 9.17) is 37.9 Å². The van der Waals surface area contributed by atoms with E-state index in [1.165, 1.54) is 56.7 Å². The summed E-state index contributed by atoms with van der Waals surface area (Å²) < 4.78 is 50.7. The van der Waals surface area contributed by atoms with Crippen LogP contribution in [-0.2, 0) is 57.1 Å². The van der Waals surface area contributed by atoms with E-state index < -0.39 is 125 Å². The Kier molecular flexibility index (Phi) is 17.5. The Morgan fingerprint density at radius 1 is 0.750 bits per heavy atom. The first-order valence-corrected chi connectivity index (χ1v) is 33.8. The van der Waals surface area contributed by atoms with Crippen LogP contribution in [0, 0.1) is 63.6 Å². The third-order valence-corrected chi connectivity index (χ3v) is 24.7. The second kappa shape index (κ2) is 24.6. The minimum absolute atomic E-state index is 0.0357. The Bertz CT molecular complexity index is 3420. The highest BCUT2D eigenvalue weighted by molar-refractivity contribution is 6.00. The fraction of sp³-hybridized carbons (Fsp3) is 0.613. The summed E-state index contributed by atoms with van der Waals surface area (Å²) in [6.45, 7) is 21.5. The van der Waals surface area contributed by atoms with E-state index in [1.54, 1.807) is 99.6 Å². The van der Waals surface area contributed by atoms with E-state index in [0.717, 1.165) is 32.1 Å². The van der Waals surface area contributed by atoms with Crippen LogP contribution in [-0.4, -0.2) is 113 Å². The van der Waals surface area contributed by atoms with Gasteiger partial charge in [0.15, 0.2) is 17.3 Å². The summed E-state index contributed by atoms with van der Waals surface area (Å²) in [7, 11) is 0. The number of nitrogens with one attached hydrogen (secondary N) is 1. The lowest BCUT2D eigenvalue weighted by atomic mass is 9.47. The Hall–Kier alpha value is -6.69. The van der Waals surface area contributed by atoms with E-state index in [2.05, 4.69) is 52.9 Å². The topological polar surface area (TPSA) is 229 Å². The first-order valence-electron chi connectivity index (χ1n) is 33.8. The van der Waals surface area contributed by atoms with Crippen LogP contribution in [0.25, 0.3) is 0 Å². The van der Waals surface area contributed by atoms with Crippen LogP contribution >= 0.6 is 0 Å². The largest absolute Gasteiger partial charge is 0.509 e. The molecule has 2 aliphatic heterocycles. The van der Waals surface area contributed by atoms with Gasteiger partial charge in [0.1, 0.15) is 36.1 Å². The van der Waals surface area contributed by atoms with Gasteiger partial charge in [-0.15, -0.1) is 0 Å². The maximum Gasteiger partial charge on any atom is 0.509 e. The van der Waals surface area contributed by atoms with Crippen molar-refractivity contribution in [3.8, 4) is 0 Å². The van der Waals surface area contributed by atoms with E-state index in [-0.39, 0.29) is 40.7 Å². The Morgan fingerprint density at radius 2 is 1.42 bits per heavy atom. The molecule has 17 nitrogen and oxygen atoms in total. The van der Waals surface area contributed by atoms with E-state index in [1.807, 2.05) is 0 Å². The molecule has 0 aromatic heterocycles. The number of allylic oxidation sites excluding steroid dienone is 1. The summed E-state index contributed by atoms with van der Waals surface area (Å²) in [6.07, 6.45) is 1.62. The average molecular weight is 1260 g/mol. The summed E-state index contributed by atoms with van der Waals surface area (Å²) in [5, 5.41) is 17.2. The van der Waals surface area contributed by atoms with E-state index in [9.17, 15) is 29.1 Å². The fourth-order valence-corrected chi connectivity index (χ4v) is 19.3. The number of ketones is 1. The molecule has 1 unspecified atom stereocenters. The molecule has 2 heterocycles. The van der Waals surface area contributed by atoms with Gasteiger partial charge in [-0.05, 0) is 145 Å². The minimum atomic E-state index is -2.41. The number of fused-ring (bicyclic) bond motifs is 9. The lowest BCUT2D eigenvalue weighted by molar-refractivity contribution is -0.315. The van der Waals surface area contributed by atoms with Crippen molar-refractivity contribution in [2.24, 2.45) is 63.6 Å². The number of Topliss-reactive ketones (excluding diaryl/α,β-unsaturated/α-hetero) is 1. The molecule has 1 amide bonds. The number of hydrogen-bond acceptors (Lipinski definition) is 16. The minimum Gasteiger partial charge on any atom is -0.455 e. The molecule has 2 saturated heterocycles. The highest BCUT2D eigenvalue weighted by atomic mass is 16.7. The van der Waals surface area contributed by atoms with Crippen molar-refractivity contribution in [3.05, 3.63) is 130 Å². The second-order valence-electron chi connectivity index (χ2n) is 30.0. The molecule has 494 valence electrons. The fourth-order valence-electron chi connectivity index (χ4n) is 19.3. The maximum absolute atomic E-state index is 15.9. The highest BCUT2D eigenvalue weighted by Gasteiger charge is 2.86. The summed E-state index contributed by atoms with van der Waals surface area (Å²) >= 11 is 0. The molecule has 17 heteroatoms. The molecule has 1 spiro atoms. The monoisotopic (exact) mass is 1260 g/mol. The molecule has 20 atom stereocenters. The number of rotatable bonds is 17. The lowest BCUT2D eigenvalue weighted by Crippen LogP contribution is -2.80. The van der Waals surface area contributed by atoms with Crippen molar-refractivity contribution >= 4 is 41.7 Å². The van der Waals surface area contributed by atoms with Crippen molar-refractivity contribution in [2.75, 3.05) is 6.61 Å². The number of carbonyl (C=O) groups excluding carboxylic acids is 7. The van der Waals surface area contributed by atoms with Crippen LogP contribution in [0.3, 0.4) is 0 Å². The van der Waals surface area contributed by atoms with Gasteiger partial charge < -0.3 is 48.3 Å². The molecule has 5 saturated carbocycles. The third kappa shape index (κ3) is 11.0. The van der Waals surface area contributed by atoms with E-state index in [0.29, 0.717) is 59.3 Å². The van der Waals surface area contributed by atoms with Gasteiger partial charge in [-0.2, -0.15) is 0 Å². The van der Waals surface area contributed by atoms with Crippen LogP contribution in [0.4, 0.5) is 4.79 Å². The lowest BCUT2D eigenvalue weighted by Gasteiger charge is -2.63. The number of aliphatic hydroxyl groups is 1. The first kappa shape index (κ1) is 65.4. The van der Waals surface area contributed by atoms with Gasteiger partial charge in [-0.1, -0.05) is 147 Å². The van der Waals surface area contributed by atoms with Gasteiger partial charge in [0, 0.05) is 44.1 Å². The molecule has 92 heavy (non-hydrogen) atoms. The van der Waals surface area contributed by atoms with Crippen molar-refractivity contribution in [3.63, 3.8) is 0 Å². The summed E-state index contributed by atoms with van der Waals surface area (Å²) in [5.74, 6) is -1.98. The van der Waals surface area contributed by atoms with Crippen LogP contribution in [0.5, 0.6) is 0 Å². The molecule has 2 N–H and O–H groups in total. The molecule has 7 aliphatic carbocycles. The van der Waals surface area contributed by atoms with Crippen molar-refractivity contribution in [2.45, 2.75) is 219 Å². The predicted octanol–water partition coefficient (Wildman–Crippen LogP) is 12.3. The van der Waals surface area contributed by atoms with Gasteiger partial charge in [0.25, 0.3) is 5.91 Å². The Morgan fingerprint density at radius 3 is 2.07 bits per heavy atom. The molecular weight excluding hydrogens is 1170 g/mol. The number of amides is 1. The molecule has 2 bridgehead atoms. The Labute approximate surface area is 540 Å². The van der Waals surface area contributed by atoms with Crippen LogP contribution in [0.2, 0.25) is 0 Å². The average Bonchev–Trinajstić information content (AvgIpc) is 1.44. The van der Waals surface area contributed by atoms with Gasteiger partial charge in [-0.3, -0.25) is 19.2 Å². The number of hydrogen-bond donors (Lipinski definition) is 2. The molecule has 12 rings (SSSR count). The number of esters is 4. The molecule has 9 aliphatic rings. The number of epoxide rings is 1. The molecular formula is C75H93NO16. The quantitative estimate of drug-likeness (QED) is 0.0554. The first-order chi connectivity index (χ1) is 43.7. The molecule has 3 aromatic rings.